The Morgan fingerprint density at radius 1 is 1.21 bits per heavy atom. The van der Waals surface area contributed by atoms with Crippen LogP contribution in [0.1, 0.15) is 85.5 Å². The number of rotatable bonds is 3. The van der Waals surface area contributed by atoms with E-state index in [2.05, 4.69) is 46.4 Å². The minimum Gasteiger partial charge on any atom is -0.0996 e. The maximum Gasteiger partial charge on any atom is -0.0143 e. The first-order valence-corrected chi connectivity index (χ1v) is 10.5. The topological polar surface area (TPSA) is 0 Å². The molecule has 24 heavy (non-hydrogen) atoms. The van der Waals surface area contributed by atoms with Crippen molar-refractivity contribution < 1.29 is 0 Å². The molecule has 0 spiro atoms. The number of fused-ring (bicyclic) bond motifs is 1. The summed E-state index contributed by atoms with van der Waals surface area (Å²) in [4.78, 5) is 0. The summed E-state index contributed by atoms with van der Waals surface area (Å²) in [6.45, 7) is 14.1. The molecule has 3 aliphatic rings. The number of hydrogen-bond donors (Lipinski definition) is 0. The molecule has 0 bridgehead atoms. The highest BCUT2D eigenvalue weighted by atomic mass is 14.5. The summed E-state index contributed by atoms with van der Waals surface area (Å²) >= 11 is 0. The summed E-state index contributed by atoms with van der Waals surface area (Å²) in [5.41, 5.74) is 5.47. The van der Waals surface area contributed by atoms with Gasteiger partial charge in [-0.25, -0.2) is 0 Å². The number of hydrogen-bond acceptors (Lipinski definition) is 0. The molecule has 0 nitrogen and oxygen atoms in total. The van der Waals surface area contributed by atoms with Gasteiger partial charge in [0.05, 0.1) is 0 Å². The Kier molecular flexibility index (Phi) is 5.42. The molecule has 5 atom stereocenters. The smallest absolute Gasteiger partial charge is 0.0143 e. The van der Waals surface area contributed by atoms with Gasteiger partial charge in [0, 0.05) is 0 Å². The van der Waals surface area contributed by atoms with E-state index in [1.54, 1.807) is 11.1 Å². The second-order valence-electron chi connectivity index (χ2n) is 9.31. The first kappa shape index (κ1) is 18.0. The van der Waals surface area contributed by atoms with E-state index < -0.39 is 0 Å². The minimum atomic E-state index is 0.576. The fourth-order valence-electron chi connectivity index (χ4n) is 6.08. The van der Waals surface area contributed by atoms with Crippen LogP contribution in [0.2, 0.25) is 0 Å². The molecule has 0 N–H and O–H groups in total. The van der Waals surface area contributed by atoms with Crippen LogP contribution in [0.3, 0.4) is 0 Å². The highest BCUT2D eigenvalue weighted by molar-refractivity contribution is 5.27. The standard InChI is InChI=1S/C24H38/c1-6-17(2)22-13-14-23-21(8-7-15-24(22,23)5)12-11-20-10-9-18(3)19(4)16-20/h11-12,17,19,22-23H,3,6-10,13-16H2,1-2,4-5H3/b20-11-,21-12+. The summed E-state index contributed by atoms with van der Waals surface area (Å²) in [5.74, 6) is 3.38. The van der Waals surface area contributed by atoms with Gasteiger partial charge < -0.3 is 0 Å². The van der Waals surface area contributed by atoms with Gasteiger partial charge >= 0.3 is 0 Å². The molecule has 0 aromatic heterocycles. The van der Waals surface area contributed by atoms with E-state index in [4.69, 9.17) is 0 Å². The molecule has 0 aromatic rings. The van der Waals surface area contributed by atoms with Crippen LogP contribution in [0.15, 0.2) is 35.5 Å². The van der Waals surface area contributed by atoms with Crippen molar-refractivity contribution in [3.05, 3.63) is 35.5 Å². The summed E-state index contributed by atoms with van der Waals surface area (Å²) in [6.07, 6.45) is 17.2. The Hall–Kier alpha value is -0.780. The lowest BCUT2D eigenvalue weighted by atomic mass is 9.61. The van der Waals surface area contributed by atoms with Gasteiger partial charge in [-0.05, 0) is 80.5 Å². The lowest BCUT2D eigenvalue weighted by molar-refractivity contribution is 0.0961. The third kappa shape index (κ3) is 3.31. The average Bonchev–Trinajstić information content (AvgIpc) is 2.92. The van der Waals surface area contributed by atoms with Gasteiger partial charge in [-0.2, -0.15) is 0 Å². The maximum atomic E-state index is 4.22. The first-order chi connectivity index (χ1) is 11.5. The largest absolute Gasteiger partial charge is 0.0996 e. The normalized spacial score (nSPS) is 41.7. The Labute approximate surface area is 150 Å². The van der Waals surface area contributed by atoms with Gasteiger partial charge in [-0.15, -0.1) is 0 Å². The minimum absolute atomic E-state index is 0.576. The van der Waals surface area contributed by atoms with E-state index >= 15 is 0 Å². The zero-order valence-corrected chi connectivity index (χ0v) is 16.5. The van der Waals surface area contributed by atoms with Gasteiger partial charge in [0.2, 0.25) is 0 Å². The van der Waals surface area contributed by atoms with Crippen LogP contribution in [0.4, 0.5) is 0 Å². The Morgan fingerprint density at radius 2 is 2.00 bits per heavy atom. The summed E-state index contributed by atoms with van der Waals surface area (Å²) in [5, 5.41) is 0. The quantitative estimate of drug-likeness (QED) is 0.472. The zero-order chi connectivity index (χ0) is 17.3. The molecule has 3 fully saturated rings. The highest BCUT2D eigenvalue weighted by Gasteiger charge is 2.50. The van der Waals surface area contributed by atoms with Crippen molar-refractivity contribution in [1.29, 1.82) is 0 Å². The first-order valence-electron chi connectivity index (χ1n) is 10.5. The van der Waals surface area contributed by atoms with Gasteiger partial charge in [-0.3, -0.25) is 0 Å². The summed E-state index contributed by atoms with van der Waals surface area (Å²) in [7, 11) is 0. The molecule has 0 heteroatoms. The molecular formula is C24H38. The van der Waals surface area contributed by atoms with Crippen LogP contribution in [0, 0.1) is 29.1 Å². The molecule has 0 amide bonds. The highest BCUT2D eigenvalue weighted by Crippen LogP contribution is 2.59. The Morgan fingerprint density at radius 3 is 2.71 bits per heavy atom. The summed E-state index contributed by atoms with van der Waals surface area (Å²) in [6, 6.07) is 0. The fraction of sp³-hybridized carbons (Fsp3) is 0.750. The molecule has 3 rings (SSSR count). The van der Waals surface area contributed by atoms with Gasteiger partial charge in [0.1, 0.15) is 0 Å². The molecular weight excluding hydrogens is 288 g/mol. The van der Waals surface area contributed by atoms with Crippen LogP contribution in [0.5, 0.6) is 0 Å². The van der Waals surface area contributed by atoms with Crippen molar-refractivity contribution in [1.82, 2.24) is 0 Å². The van der Waals surface area contributed by atoms with Crippen LogP contribution in [-0.4, -0.2) is 0 Å². The third-order valence-electron chi connectivity index (χ3n) is 7.93. The second kappa shape index (κ2) is 7.22. The molecule has 0 saturated heterocycles. The monoisotopic (exact) mass is 326 g/mol. The van der Waals surface area contributed by atoms with Crippen molar-refractivity contribution in [2.45, 2.75) is 85.5 Å². The second-order valence-corrected chi connectivity index (χ2v) is 9.31. The fourth-order valence-corrected chi connectivity index (χ4v) is 6.08. The van der Waals surface area contributed by atoms with Gasteiger partial charge in [-0.1, -0.05) is 69.6 Å². The van der Waals surface area contributed by atoms with Crippen molar-refractivity contribution in [3.8, 4) is 0 Å². The molecule has 3 aliphatic carbocycles. The average molecular weight is 327 g/mol. The zero-order valence-electron chi connectivity index (χ0n) is 16.5. The lowest BCUT2D eigenvalue weighted by Crippen LogP contribution is -2.35. The molecule has 0 heterocycles. The maximum absolute atomic E-state index is 4.22. The summed E-state index contributed by atoms with van der Waals surface area (Å²) < 4.78 is 0. The Balaban J connectivity index is 1.76. The van der Waals surface area contributed by atoms with E-state index in [1.165, 1.54) is 63.4 Å². The van der Waals surface area contributed by atoms with E-state index in [9.17, 15) is 0 Å². The molecule has 134 valence electrons. The van der Waals surface area contributed by atoms with Crippen molar-refractivity contribution in [2.75, 3.05) is 0 Å². The van der Waals surface area contributed by atoms with Crippen LogP contribution in [0.25, 0.3) is 0 Å². The third-order valence-corrected chi connectivity index (χ3v) is 7.93. The van der Waals surface area contributed by atoms with E-state index in [0.29, 0.717) is 11.3 Å². The van der Waals surface area contributed by atoms with Crippen molar-refractivity contribution in [2.24, 2.45) is 29.1 Å². The number of allylic oxidation sites excluding steroid dienone is 5. The molecule has 0 aromatic carbocycles. The Bertz CT molecular complexity index is 534. The van der Waals surface area contributed by atoms with E-state index in [-0.39, 0.29) is 0 Å². The predicted molar refractivity (Wildman–Crippen MR) is 106 cm³/mol. The van der Waals surface area contributed by atoms with Crippen molar-refractivity contribution in [3.63, 3.8) is 0 Å². The van der Waals surface area contributed by atoms with Gasteiger partial charge in [0.15, 0.2) is 0 Å². The molecule has 0 aliphatic heterocycles. The van der Waals surface area contributed by atoms with Gasteiger partial charge in [0.25, 0.3) is 0 Å². The van der Waals surface area contributed by atoms with E-state index in [1.807, 2.05) is 0 Å². The van der Waals surface area contributed by atoms with Crippen LogP contribution < -0.4 is 0 Å². The van der Waals surface area contributed by atoms with Crippen LogP contribution >= 0.6 is 0 Å². The van der Waals surface area contributed by atoms with Crippen LogP contribution in [-0.2, 0) is 0 Å². The SMILES string of the molecule is C=C1CC/C(=C/C=C2\CCCC3(C)C2CCC3C(C)CC)CC1C. The molecule has 3 saturated carbocycles. The van der Waals surface area contributed by atoms with Crippen molar-refractivity contribution >= 4 is 0 Å². The molecule has 5 unspecified atom stereocenters. The predicted octanol–water partition coefficient (Wildman–Crippen LogP) is 7.48. The molecule has 0 radical (unpaired) electrons. The van der Waals surface area contributed by atoms with E-state index in [0.717, 1.165) is 17.8 Å². The lowest BCUT2D eigenvalue weighted by Gasteiger charge is -2.44.